The molecule has 0 saturated heterocycles. The Morgan fingerprint density at radius 3 is 2.65 bits per heavy atom. The highest BCUT2D eigenvalue weighted by Crippen LogP contribution is 2.21. The molecule has 102 valence electrons. The number of thiophene rings is 1. The molecule has 0 unspecified atom stereocenters. The fraction of sp³-hybridized carbons (Fsp3) is 0.143. The van der Waals surface area contributed by atoms with Crippen LogP contribution in [0.1, 0.15) is 4.88 Å². The van der Waals surface area contributed by atoms with E-state index in [2.05, 4.69) is 4.98 Å². The van der Waals surface area contributed by atoms with Crippen LogP contribution in [0.15, 0.2) is 39.9 Å². The maximum absolute atomic E-state index is 12.5. The van der Waals surface area contributed by atoms with Crippen molar-refractivity contribution in [2.24, 2.45) is 0 Å². The molecule has 0 radical (unpaired) electrons. The zero-order valence-electron chi connectivity index (χ0n) is 11.0. The fourth-order valence-corrected chi connectivity index (χ4v) is 2.99. The zero-order chi connectivity index (χ0) is 14.3. The fourth-order valence-electron chi connectivity index (χ4n) is 2.13. The number of aromatic amines is 1. The first-order valence-electron chi connectivity index (χ1n) is 6.00. The first-order valence-corrected chi connectivity index (χ1v) is 6.82. The molecule has 0 bridgehead atoms. The number of aromatic nitrogens is 2. The van der Waals surface area contributed by atoms with E-state index in [-0.39, 0.29) is 5.56 Å². The van der Waals surface area contributed by atoms with Crippen molar-refractivity contribution < 1.29 is 4.74 Å². The number of rotatable bonds is 2. The third-order valence-electron chi connectivity index (χ3n) is 3.06. The van der Waals surface area contributed by atoms with Gasteiger partial charge in [0.25, 0.3) is 5.56 Å². The van der Waals surface area contributed by atoms with Crippen LogP contribution in [-0.4, -0.2) is 16.7 Å². The molecule has 0 saturated carbocycles. The van der Waals surface area contributed by atoms with Gasteiger partial charge in [0.1, 0.15) is 10.8 Å². The lowest BCUT2D eigenvalue weighted by Gasteiger charge is -2.07. The number of aryl methyl sites for hydroxylation is 1. The molecule has 0 aliphatic rings. The average Bonchev–Trinajstić information content (AvgIpc) is 2.84. The lowest BCUT2D eigenvalue weighted by atomic mass is 10.2. The van der Waals surface area contributed by atoms with Gasteiger partial charge in [0, 0.05) is 4.88 Å². The highest BCUT2D eigenvalue weighted by Gasteiger charge is 2.13. The maximum atomic E-state index is 12.5. The van der Waals surface area contributed by atoms with Crippen LogP contribution in [0.4, 0.5) is 0 Å². The summed E-state index contributed by atoms with van der Waals surface area (Å²) in [6.45, 7) is 1.93. The van der Waals surface area contributed by atoms with Crippen LogP contribution in [0.5, 0.6) is 5.75 Å². The van der Waals surface area contributed by atoms with E-state index in [0.29, 0.717) is 21.7 Å². The maximum Gasteiger partial charge on any atom is 0.334 e. The summed E-state index contributed by atoms with van der Waals surface area (Å²) in [5.41, 5.74) is -0.382. The van der Waals surface area contributed by atoms with Crippen LogP contribution in [0.3, 0.4) is 0 Å². The van der Waals surface area contributed by atoms with Crippen molar-refractivity contribution in [3.05, 3.63) is 56.0 Å². The highest BCUT2D eigenvalue weighted by atomic mass is 32.1. The Morgan fingerprint density at radius 1 is 1.20 bits per heavy atom. The molecule has 0 spiro atoms. The summed E-state index contributed by atoms with van der Waals surface area (Å²) in [6, 6.07) is 8.75. The second-order valence-electron chi connectivity index (χ2n) is 4.34. The lowest BCUT2D eigenvalue weighted by molar-refractivity contribution is 0.418. The predicted octanol–water partition coefficient (Wildman–Crippen LogP) is 2.06. The van der Waals surface area contributed by atoms with Crippen LogP contribution >= 0.6 is 11.3 Å². The standard InChI is InChI=1S/C14H12N2O3S/c1-8-6-7-11(20-8)16-13(17)9-4-3-5-10(19-2)12(9)15-14(16)18/h3-7H,1-2H3,(H,15,18). The molecular weight excluding hydrogens is 276 g/mol. The second-order valence-corrected chi connectivity index (χ2v) is 5.60. The van der Waals surface area contributed by atoms with Crippen molar-refractivity contribution >= 4 is 22.2 Å². The van der Waals surface area contributed by atoms with Gasteiger partial charge < -0.3 is 9.72 Å². The number of hydrogen-bond donors (Lipinski definition) is 1. The summed E-state index contributed by atoms with van der Waals surface area (Å²) in [7, 11) is 1.50. The summed E-state index contributed by atoms with van der Waals surface area (Å²) >= 11 is 1.40. The van der Waals surface area contributed by atoms with Gasteiger partial charge in [-0.3, -0.25) is 4.79 Å². The Hall–Kier alpha value is -2.34. The van der Waals surface area contributed by atoms with E-state index in [1.165, 1.54) is 18.4 Å². The third kappa shape index (κ3) is 1.85. The van der Waals surface area contributed by atoms with Gasteiger partial charge >= 0.3 is 5.69 Å². The molecule has 1 aromatic carbocycles. The Kier molecular flexibility index (Phi) is 2.94. The topological polar surface area (TPSA) is 64.1 Å². The molecule has 5 nitrogen and oxygen atoms in total. The molecule has 0 aliphatic heterocycles. The Labute approximate surface area is 118 Å². The van der Waals surface area contributed by atoms with Crippen molar-refractivity contribution in [3.8, 4) is 10.8 Å². The van der Waals surface area contributed by atoms with Gasteiger partial charge in [-0.15, -0.1) is 11.3 Å². The van der Waals surface area contributed by atoms with Crippen LogP contribution in [-0.2, 0) is 0 Å². The molecule has 3 rings (SSSR count). The molecule has 6 heteroatoms. The van der Waals surface area contributed by atoms with Gasteiger partial charge in [-0.1, -0.05) is 6.07 Å². The van der Waals surface area contributed by atoms with Crippen LogP contribution < -0.4 is 16.0 Å². The average molecular weight is 288 g/mol. The molecule has 2 aromatic heterocycles. The van der Waals surface area contributed by atoms with Gasteiger partial charge in [-0.05, 0) is 31.2 Å². The predicted molar refractivity (Wildman–Crippen MR) is 79.3 cm³/mol. The summed E-state index contributed by atoms with van der Waals surface area (Å²) in [5, 5.41) is 1.04. The third-order valence-corrected chi connectivity index (χ3v) is 4.05. The Bertz CT molecular complexity index is 905. The van der Waals surface area contributed by atoms with E-state index in [0.717, 1.165) is 9.44 Å². The van der Waals surface area contributed by atoms with Crippen LogP contribution in [0, 0.1) is 6.92 Å². The van der Waals surface area contributed by atoms with Crippen molar-refractivity contribution in [3.63, 3.8) is 0 Å². The van der Waals surface area contributed by atoms with Gasteiger partial charge in [0.05, 0.1) is 18.0 Å². The van der Waals surface area contributed by atoms with Crippen molar-refractivity contribution in [1.82, 2.24) is 9.55 Å². The Balaban J connectivity index is 2.42. The van der Waals surface area contributed by atoms with E-state index in [9.17, 15) is 9.59 Å². The number of fused-ring (bicyclic) bond motifs is 1. The van der Waals surface area contributed by atoms with E-state index in [1.54, 1.807) is 24.3 Å². The van der Waals surface area contributed by atoms with Gasteiger partial charge in [-0.25, -0.2) is 9.36 Å². The number of para-hydroxylation sites is 1. The molecule has 0 aliphatic carbocycles. The van der Waals surface area contributed by atoms with E-state index < -0.39 is 5.69 Å². The van der Waals surface area contributed by atoms with E-state index >= 15 is 0 Å². The minimum atomic E-state index is -0.464. The molecule has 20 heavy (non-hydrogen) atoms. The molecule has 1 N–H and O–H groups in total. The van der Waals surface area contributed by atoms with E-state index in [4.69, 9.17) is 4.74 Å². The van der Waals surface area contributed by atoms with Gasteiger partial charge in [0.2, 0.25) is 0 Å². The summed E-state index contributed by atoms with van der Waals surface area (Å²) in [4.78, 5) is 28.5. The quantitative estimate of drug-likeness (QED) is 0.785. The number of hydrogen-bond acceptors (Lipinski definition) is 4. The van der Waals surface area contributed by atoms with Crippen molar-refractivity contribution in [2.45, 2.75) is 6.92 Å². The number of nitrogens with zero attached hydrogens (tertiary/aromatic N) is 1. The second kappa shape index (κ2) is 4.64. The minimum Gasteiger partial charge on any atom is -0.495 e. The lowest BCUT2D eigenvalue weighted by Crippen LogP contribution is -2.33. The monoisotopic (exact) mass is 288 g/mol. The van der Waals surface area contributed by atoms with Crippen LogP contribution in [0.25, 0.3) is 15.9 Å². The number of benzene rings is 1. The Morgan fingerprint density at radius 2 is 2.00 bits per heavy atom. The largest absolute Gasteiger partial charge is 0.495 e. The first-order chi connectivity index (χ1) is 9.61. The number of methoxy groups -OCH3 is 1. The molecule has 2 heterocycles. The molecule has 0 atom stereocenters. The smallest absolute Gasteiger partial charge is 0.334 e. The highest BCUT2D eigenvalue weighted by molar-refractivity contribution is 7.14. The zero-order valence-corrected chi connectivity index (χ0v) is 11.8. The van der Waals surface area contributed by atoms with Gasteiger partial charge in [0.15, 0.2) is 0 Å². The summed E-state index contributed by atoms with van der Waals surface area (Å²) in [6.07, 6.45) is 0. The van der Waals surface area contributed by atoms with Gasteiger partial charge in [-0.2, -0.15) is 0 Å². The van der Waals surface area contributed by atoms with E-state index in [1.807, 2.05) is 13.0 Å². The molecule has 3 aromatic rings. The molecular formula is C14H12N2O3S. The SMILES string of the molecule is COc1cccc2c(=O)n(-c3ccc(C)s3)c(=O)[nH]c12. The number of H-pyrrole nitrogens is 1. The summed E-state index contributed by atoms with van der Waals surface area (Å²) < 4.78 is 6.32. The van der Waals surface area contributed by atoms with Crippen LogP contribution in [0.2, 0.25) is 0 Å². The van der Waals surface area contributed by atoms with Crippen molar-refractivity contribution in [2.75, 3.05) is 7.11 Å². The normalized spacial score (nSPS) is 10.9. The van der Waals surface area contributed by atoms with Crippen molar-refractivity contribution in [1.29, 1.82) is 0 Å². The summed E-state index contributed by atoms with van der Waals surface area (Å²) in [5.74, 6) is 0.478. The molecule has 0 fully saturated rings. The first kappa shape index (κ1) is 12.7. The number of nitrogens with one attached hydrogen (secondary N) is 1. The minimum absolute atomic E-state index is 0.343. The molecule has 0 amide bonds. The number of ether oxygens (including phenoxy) is 1.